The van der Waals surface area contributed by atoms with Crippen LogP contribution in [0.1, 0.15) is 53.5 Å². The van der Waals surface area contributed by atoms with Crippen LogP contribution in [0.15, 0.2) is 24.3 Å². The van der Waals surface area contributed by atoms with E-state index < -0.39 is 0 Å². The molecule has 1 aromatic rings. The zero-order valence-corrected chi connectivity index (χ0v) is 16.6. The Morgan fingerprint density at radius 2 is 1.62 bits per heavy atom. The molecule has 1 fully saturated rings. The van der Waals surface area contributed by atoms with Crippen LogP contribution in [0.5, 0.6) is 5.75 Å². The third-order valence-corrected chi connectivity index (χ3v) is 4.91. The van der Waals surface area contributed by atoms with Crippen molar-refractivity contribution in [1.29, 1.82) is 0 Å². The van der Waals surface area contributed by atoms with Crippen LogP contribution in [0.4, 0.5) is 0 Å². The van der Waals surface area contributed by atoms with Gasteiger partial charge in [0.1, 0.15) is 5.75 Å². The van der Waals surface area contributed by atoms with Gasteiger partial charge in [-0.25, -0.2) is 0 Å². The van der Waals surface area contributed by atoms with Gasteiger partial charge in [0.25, 0.3) is 0 Å². The first-order chi connectivity index (χ1) is 11.2. The Labute approximate surface area is 149 Å². The summed E-state index contributed by atoms with van der Waals surface area (Å²) >= 11 is 0. The molecule has 0 spiro atoms. The quantitative estimate of drug-likeness (QED) is 0.753. The Morgan fingerprint density at radius 3 is 2.21 bits per heavy atom. The predicted octanol–water partition coefficient (Wildman–Crippen LogP) is 4.17. The molecule has 0 amide bonds. The standard InChI is InChI=1S/C21H36N2O/c1-20(2,3)18-9-7-10-19(17-18)24-16-8-11-22-12-14-23(15-13-22)21(4,5)6/h7,9-10,17H,8,11-16H2,1-6H3. The van der Waals surface area contributed by atoms with Gasteiger partial charge in [-0.15, -0.1) is 0 Å². The van der Waals surface area contributed by atoms with E-state index in [0.29, 0.717) is 5.54 Å². The van der Waals surface area contributed by atoms with Crippen molar-refractivity contribution in [1.82, 2.24) is 9.80 Å². The van der Waals surface area contributed by atoms with E-state index in [1.165, 1.54) is 31.7 Å². The van der Waals surface area contributed by atoms with Crippen molar-refractivity contribution in [2.45, 2.75) is 58.9 Å². The van der Waals surface area contributed by atoms with Crippen molar-refractivity contribution >= 4 is 0 Å². The Morgan fingerprint density at radius 1 is 0.958 bits per heavy atom. The maximum absolute atomic E-state index is 5.97. The molecule has 1 aliphatic rings. The lowest BCUT2D eigenvalue weighted by Crippen LogP contribution is -2.53. The molecule has 2 rings (SSSR count). The second-order valence-electron chi connectivity index (χ2n) is 8.98. The summed E-state index contributed by atoms with van der Waals surface area (Å²) in [7, 11) is 0. The molecule has 0 radical (unpaired) electrons. The Balaban J connectivity index is 1.69. The van der Waals surface area contributed by atoms with Gasteiger partial charge in [-0.2, -0.15) is 0 Å². The van der Waals surface area contributed by atoms with Crippen LogP contribution < -0.4 is 4.74 Å². The fraction of sp³-hybridized carbons (Fsp3) is 0.714. The number of nitrogens with zero attached hydrogens (tertiary/aromatic N) is 2. The van der Waals surface area contributed by atoms with Crippen LogP contribution in [0.3, 0.4) is 0 Å². The smallest absolute Gasteiger partial charge is 0.119 e. The van der Waals surface area contributed by atoms with Gasteiger partial charge in [0.15, 0.2) is 0 Å². The highest BCUT2D eigenvalue weighted by molar-refractivity contribution is 5.32. The first kappa shape index (κ1) is 19.3. The summed E-state index contributed by atoms with van der Waals surface area (Å²) in [6, 6.07) is 8.53. The van der Waals surface area contributed by atoms with E-state index in [2.05, 4.69) is 75.6 Å². The minimum Gasteiger partial charge on any atom is -0.494 e. The summed E-state index contributed by atoms with van der Waals surface area (Å²) in [4.78, 5) is 5.15. The first-order valence-corrected chi connectivity index (χ1v) is 9.37. The number of hydrogen-bond donors (Lipinski definition) is 0. The number of ether oxygens (including phenoxy) is 1. The van der Waals surface area contributed by atoms with E-state index in [1.807, 2.05) is 0 Å². The molecule has 0 N–H and O–H groups in total. The second-order valence-corrected chi connectivity index (χ2v) is 8.98. The molecule has 1 aliphatic heterocycles. The molecule has 0 unspecified atom stereocenters. The van der Waals surface area contributed by atoms with Gasteiger partial charge < -0.3 is 9.64 Å². The summed E-state index contributed by atoms with van der Waals surface area (Å²) in [6.07, 6.45) is 1.09. The maximum Gasteiger partial charge on any atom is 0.119 e. The zero-order chi connectivity index (χ0) is 17.8. The predicted molar refractivity (Wildman–Crippen MR) is 103 cm³/mol. The molecule has 24 heavy (non-hydrogen) atoms. The highest BCUT2D eigenvalue weighted by Crippen LogP contribution is 2.25. The van der Waals surface area contributed by atoms with Gasteiger partial charge in [0, 0.05) is 38.3 Å². The Bertz CT molecular complexity index is 505. The minimum absolute atomic E-state index is 0.173. The summed E-state index contributed by atoms with van der Waals surface area (Å²) in [5, 5.41) is 0. The summed E-state index contributed by atoms with van der Waals surface area (Å²) in [5.41, 5.74) is 1.80. The molecular formula is C21H36N2O. The molecule has 1 aromatic carbocycles. The van der Waals surface area contributed by atoms with Gasteiger partial charge in [-0.05, 0) is 50.3 Å². The summed E-state index contributed by atoms with van der Waals surface area (Å²) in [5.74, 6) is 1.000. The lowest BCUT2D eigenvalue weighted by atomic mass is 9.87. The number of piperazine rings is 1. The fourth-order valence-electron chi connectivity index (χ4n) is 3.17. The third-order valence-electron chi connectivity index (χ3n) is 4.91. The Hall–Kier alpha value is -1.06. The highest BCUT2D eigenvalue weighted by atomic mass is 16.5. The van der Waals surface area contributed by atoms with Gasteiger partial charge in [-0.1, -0.05) is 32.9 Å². The number of hydrogen-bond acceptors (Lipinski definition) is 3. The van der Waals surface area contributed by atoms with E-state index in [4.69, 9.17) is 4.74 Å². The van der Waals surface area contributed by atoms with Crippen LogP contribution >= 0.6 is 0 Å². The molecule has 1 saturated heterocycles. The SMILES string of the molecule is CC(C)(C)c1cccc(OCCCN2CCN(C(C)(C)C)CC2)c1. The van der Waals surface area contributed by atoms with Crippen molar-refractivity contribution in [2.24, 2.45) is 0 Å². The lowest BCUT2D eigenvalue weighted by molar-refractivity contribution is 0.0601. The van der Waals surface area contributed by atoms with Crippen molar-refractivity contribution in [2.75, 3.05) is 39.3 Å². The average molecular weight is 333 g/mol. The first-order valence-electron chi connectivity index (χ1n) is 9.37. The summed E-state index contributed by atoms with van der Waals surface area (Å²) in [6.45, 7) is 20.3. The monoisotopic (exact) mass is 332 g/mol. The van der Waals surface area contributed by atoms with Gasteiger partial charge in [0.05, 0.1) is 6.61 Å². The minimum atomic E-state index is 0.173. The molecule has 0 aliphatic carbocycles. The van der Waals surface area contributed by atoms with Gasteiger partial charge in [-0.3, -0.25) is 4.90 Å². The average Bonchev–Trinajstić information content (AvgIpc) is 2.51. The molecule has 136 valence electrons. The van der Waals surface area contributed by atoms with Crippen molar-refractivity contribution in [3.05, 3.63) is 29.8 Å². The van der Waals surface area contributed by atoms with Crippen molar-refractivity contribution < 1.29 is 4.74 Å². The normalized spacial score (nSPS) is 17.9. The fourth-order valence-corrected chi connectivity index (χ4v) is 3.17. The number of benzene rings is 1. The van der Waals surface area contributed by atoms with Gasteiger partial charge >= 0.3 is 0 Å². The van der Waals surface area contributed by atoms with E-state index in [9.17, 15) is 0 Å². The largest absolute Gasteiger partial charge is 0.494 e. The molecule has 3 heteroatoms. The van der Waals surface area contributed by atoms with Crippen LogP contribution in [-0.4, -0.2) is 54.7 Å². The van der Waals surface area contributed by atoms with E-state index in [-0.39, 0.29) is 5.41 Å². The van der Waals surface area contributed by atoms with Crippen LogP contribution in [0.25, 0.3) is 0 Å². The molecule has 1 heterocycles. The van der Waals surface area contributed by atoms with Gasteiger partial charge in [0.2, 0.25) is 0 Å². The van der Waals surface area contributed by atoms with E-state index in [0.717, 1.165) is 25.3 Å². The Kier molecular flexibility index (Phi) is 6.33. The van der Waals surface area contributed by atoms with E-state index in [1.54, 1.807) is 0 Å². The second kappa shape index (κ2) is 7.88. The maximum atomic E-state index is 5.97. The van der Waals surface area contributed by atoms with Crippen molar-refractivity contribution in [3.8, 4) is 5.75 Å². The zero-order valence-electron chi connectivity index (χ0n) is 16.6. The highest BCUT2D eigenvalue weighted by Gasteiger charge is 2.25. The molecule has 3 nitrogen and oxygen atoms in total. The third kappa shape index (κ3) is 5.78. The molecule has 0 atom stereocenters. The molecular weight excluding hydrogens is 296 g/mol. The topological polar surface area (TPSA) is 15.7 Å². The molecule has 0 bridgehead atoms. The van der Waals surface area contributed by atoms with Crippen LogP contribution in [0, 0.1) is 0 Å². The summed E-state index contributed by atoms with van der Waals surface area (Å²) < 4.78 is 5.97. The number of rotatable bonds is 5. The van der Waals surface area contributed by atoms with Crippen LogP contribution in [-0.2, 0) is 5.41 Å². The van der Waals surface area contributed by atoms with Crippen molar-refractivity contribution in [3.63, 3.8) is 0 Å². The van der Waals surface area contributed by atoms with Crippen LogP contribution in [0.2, 0.25) is 0 Å². The lowest BCUT2D eigenvalue weighted by Gasteiger charge is -2.42. The molecule has 0 saturated carbocycles. The molecule has 0 aromatic heterocycles. The van der Waals surface area contributed by atoms with E-state index >= 15 is 0 Å².